The fourth-order valence-electron chi connectivity index (χ4n) is 3.52. The number of hydrogen-bond donors (Lipinski definition) is 1. The fourth-order valence-corrected chi connectivity index (χ4v) is 4.13. The maximum absolute atomic E-state index is 13.2. The van der Waals surface area contributed by atoms with Gasteiger partial charge in [0.1, 0.15) is 11.8 Å². The summed E-state index contributed by atoms with van der Waals surface area (Å²) in [5, 5.41) is 4.77. The van der Waals surface area contributed by atoms with Crippen molar-refractivity contribution in [2.45, 2.75) is 32.9 Å². The fraction of sp³-hybridized carbons (Fsp3) is 0.280. The van der Waals surface area contributed by atoms with E-state index in [1.54, 1.807) is 11.9 Å². The smallest absolute Gasteiger partial charge is 0.261 e. The third-order valence-electron chi connectivity index (χ3n) is 5.28. The van der Waals surface area contributed by atoms with Crippen LogP contribution in [0.15, 0.2) is 65.1 Å². The van der Waals surface area contributed by atoms with E-state index in [4.69, 9.17) is 4.74 Å². The predicted octanol–water partition coefficient (Wildman–Crippen LogP) is 4.84. The van der Waals surface area contributed by atoms with Gasteiger partial charge in [-0.25, -0.2) is 0 Å². The van der Waals surface area contributed by atoms with Gasteiger partial charge in [-0.15, -0.1) is 0 Å². The maximum atomic E-state index is 13.2. The molecule has 5 nitrogen and oxygen atoms in total. The summed E-state index contributed by atoms with van der Waals surface area (Å²) in [6.07, 6.45) is 0.511. The van der Waals surface area contributed by atoms with Gasteiger partial charge in [-0.3, -0.25) is 9.59 Å². The molecule has 0 saturated carbocycles. The third-order valence-corrected chi connectivity index (χ3v) is 6.10. The molecule has 3 rings (SSSR count). The van der Waals surface area contributed by atoms with Crippen LogP contribution in [0.1, 0.15) is 24.5 Å². The first kappa shape index (κ1) is 22.8. The van der Waals surface area contributed by atoms with Gasteiger partial charge in [0.25, 0.3) is 5.91 Å². The molecule has 1 unspecified atom stereocenters. The van der Waals surface area contributed by atoms with Crippen LogP contribution in [-0.4, -0.2) is 36.4 Å². The number of carbonyl (C=O) groups is 2. The molecule has 3 aromatic rings. The van der Waals surface area contributed by atoms with Crippen LogP contribution in [-0.2, 0) is 16.1 Å². The standard InChI is InChI=1S/C25H27BrN2O3/c1-4-21(25(30)27-3)28(15-18-11-9-17(2)10-12-18)23(29)16-31-22-14-13-19-7-5-6-8-20(19)24(22)26/h5-14,21H,4,15-16H2,1-3H3,(H,27,30). The molecule has 6 heteroatoms. The van der Waals surface area contributed by atoms with E-state index < -0.39 is 6.04 Å². The molecular weight excluding hydrogens is 456 g/mol. The lowest BCUT2D eigenvalue weighted by atomic mass is 10.1. The van der Waals surface area contributed by atoms with E-state index in [-0.39, 0.29) is 18.4 Å². The average Bonchev–Trinajstić information content (AvgIpc) is 2.79. The summed E-state index contributed by atoms with van der Waals surface area (Å²) < 4.78 is 6.69. The molecule has 0 aliphatic carbocycles. The van der Waals surface area contributed by atoms with Crippen LogP contribution in [0.5, 0.6) is 5.75 Å². The van der Waals surface area contributed by atoms with Crippen molar-refractivity contribution in [3.05, 3.63) is 76.3 Å². The van der Waals surface area contributed by atoms with E-state index >= 15 is 0 Å². The van der Waals surface area contributed by atoms with Crippen molar-refractivity contribution >= 4 is 38.5 Å². The first-order chi connectivity index (χ1) is 14.9. The Morgan fingerprint density at radius 1 is 1.06 bits per heavy atom. The number of likely N-dealkylation sites (N-methyl/N-ethyl adjacent to an activating group) is 1. The van der Waals surface area contributed by atoms with E-state index in [0.717, 1.165) is 26.4 Å². The molecule has 0 saturated heterocycles. The number of aryl methyl sites for hydroxylation is 1. The summed E-state index contributed by atoms with van der Waals surface area (Å²) in [7, 11) is 1.59. The molecule has 1 atom stereocenters. The van der Waals surface area contributed by atoms with E-state index in [2.05, 4.69) is 21.2 Å². The number of benzene rings is 3. The van der Waals surface area contributed by atoms with E-state index in [9.17, 15) is 9.59 Å². The minimum absolute atomic E-state index is 0.156. The van der Waals surface area contributed by atoms with Crippen molar-refractivity contribution in [2.75, 3.05) is 13.7 Å². The van der Waals surface area contributed by atoms with Gasteiger partial charge in [-0.2, -0.15) is 0 Å². The van der Waals surface area contributed by atoms with Crippen molar-refractivity contribution in [3.8, 4) is 5.75 Å². The topological polar surface area (TPSA) is 58.6 Å². The normalized spacial score (nSPS) is 11.7. The molecule has 0 fully saturated rings. The predicted molar refractivity (Wildman–Crippen MR) is 127 cm³/mol. The van der Waals surface area contributed by atoms with Crippen LogP contribution in [0.3, 0.4) is 0 Å². The van der Waals surface area contributed by atoms with Gasteiger partial charge in [0, 0.05) is 13.6 Å². The van der Waals surface area contributed by atoms with Gasteiger partial charge in [-0.05, 0) is 51.7 Å². The van der Waals surface area contributed by atoms with Gasteiger partial charge < -0.3 is 15.0 Å². The van der Waals surface area contributed by atoms with Gasteiger partial charge in [0.15, 0.2) is 6.61 Å². The van der Waals surface area contributed by atoms with Gasteiger partial charge in [0.05, 0.1) is 4.47 Å². The summed E-state index contributed by atoms with van der Waals surface area (Å²) in [5.74, 6) is 0.168. The van der Waals surface area contributed by atoms with Crippen molar-refractivity contribution in [1.29, 1.82) is 0 Å². The quantitative estimate of drug-likeness (QED) is 0.499. The third kappa shape index (κ3) is 5.44. The second kappa shape index (κ2) is 10.4. The van der Waals surface area contributed by atoms with Crippen LogP contribution >= 0.6 is 15.9 Å². The zero-order valence-corrected chi connectivity index (χ0v) is 19.6. The van der Waals surface area contributed by atoms with E-state index in [0.29, 0.717) is 18.7 Å². The molecular formula is C25H27BrN2O3. The monoisotopic (exact) mass is 482 g/mol. The van der Waals surface area contributed by atoms with E-state index in [1.807, 2.05) is 74.5 Å². The lowest BCUT2D eigenvalue weighted by Gasteiger charge is -2.30. The molecule has 3 aromatic carbocycles. The van der Waals surface area contributed by atoms with Crippen molar-refractivity contribution < 1.29 is 14.3 Å². The van der Waals surface area contributed by atoms with Crippen LogP contribution in [0.25, 0.3) is 10.8 Å². The average molecular weight is 483 g/mol. The van der Waals surface area contributed by atoms with Gasteiger partial charge in [-0.1, -0.05) is 67.1 Å². The molecule has 0 spiro atoms. The molecule has 0 aromatic heterocycles. The Morgan fingerprint density at radius 2 is 1.77 bits per heavy atom. The SMILES string of the molecule is CCC(C(=O)NC)N(Cc1ccc(C)cc1)C(=O)COc1ccc2ccccc2c1Br. The highest BCUT2D eigenvalue weighted by Crippen LogP contribution is 2.33. The first-order valence-corrected chi connectivity index (χ1v) is 11.1. The lowest BCUT2D eigenvalue weighted by molar-refractivity contribution is -0.142. The maximum Gasteiger partial charge on any atom is 0.261 e. The second-order valence-corrected chi connectivity index (χ2v) is 8.23. The molecule has 31 heavy (non-hydrogen) atoms. The van der Waals surface area contributed by atoms with Crippen LogP contribution in [0.4, 0.5) is 0 Å². The summed E-state index contributed by atoms with van der Waals surface area (Å²) in [6, 6.07) is 19.2. The Kier molecular flexibility index (Phi) is 7.69. The zero-order valence-electron chi connectivity index (χ0n) is 18.0. The number of nitrogens with zero attached hydrogens (tertiary/aromatic N) is 1. The Bertz CT molecular complexity index is 1070. The largest absolute Gasteiger partial charge is 0.483 e. The summed E-state index contributed by atoms with van der Waals surface area (Å²) in [5.41, 5.74) is 2.11. The highest BCUT2D eigenvalue weighted by molar-refractivity contribution is 9.10. The summed E-state index contributed by atoms with van der Waals surface area (Å²) in [4.78, 5) is 27.2. The molecule has 1 N–H and O–H groups in total. The number of carbonyl (C=O) groups excluding carboxylic acids is 2. The molecule has 2 amide bonds. The first-order valence-electron chi connectivity index (χ1n) is 10.3. The summed E-state index contributed by atoms with van der Waals surface area (Å²) >= 11 is 3.59. The molecule has 0 bridgehead atoms. The number of amides is 2. The number of nitrogens with one attached hydrogen (secondary N) is 1. The Morgan fingerprint density at radius 3 is 2.45 bits per heavy atom. The molecule has 0 aliphatic rings. The van der Waals surface area contributed by atoms with Crippen molar-refractivity contribution in [2.24, 2.45) is 0 Å². The molecule has 0 heterocycles. The van der Waals surface area contributed by atoms with Crippen LogP contribution in [0.2, 0.25) is 0 Å². The lowest BCUT2D eigenvalue weighted by Crippen LogP contribution is -2.49. The molecule has 0 radical (unpaired) electrons. The second-order valence-electron chi connectivity index (χ2n) is 7.43. The van der Waals surface area contributed by atoms with Gasteiger partial charge >= 0.3 is 0 Å². The summed E-state index contributed by atoms with van der Waals surface area (Å²) in [6.45, 7) is 4.10. The molecule has 162 valence electrons. The number of rotatable bonds is 8. The number of hydrogen-bond acceptors (Lipinski definition) is 3. The number of fused-ring (bicyclic) bond motifs is 1. The highest BCUT2D eigenvalue weighted by atomic mass is 79.9. The molecule has 0 aliphatic heterocycles. The Labute approximate surface area is 191 Å². The van der Waals surface area contributed by atoms with Crippen molar-refractivity contribution in [3.63, 3.8) is 0 Å². The Hall–Kier alpha value is -2.86. The van der Waals surface area contributed by atoms with Crippen LogP contribution in [0, 0.1) is 6.92 Å². The highest BCUT2D eigenvalue weighted by Gasteiger charge is 2.28. The van der Waals surface area contributed by atoms with E-state index in [1.165, 1.54) is 0 Å². The van der Waals surface area contributed by atoms with Crippen molar-refractivity contribution in [1.82, 2.24) is 10.2 Å². The number of halogens is 1. The minimum Gasteiger partial charge on any atom is -0.483 e. The van der Waals surface area contributed by atoms with Crippen LogP contribution < -0.4 is 10.1 Å². The number of ether oxygens (including phenoxy) is 1. The zero-order chi connectivity index (χ0) is 22.4. The Balaban J connectivity index is 1.81. The minimum atomic E-state index is -0.567. The van der Waals surface area contributed by atoms with Gasteiger partial charge in [0.2, 0.25) is 5.91 Å².